The summed E-state index contributed by atoms with van der Waals surface area (Å²) in [6.45, 7) is 0. The number of anilines is 2. The molecule has 0 heterocycles. The maximum absolute atomic E-state index is 11.6. The molecule has 0 aliphatic carbocycles. The Kier molecular flexibility index (Phi) is 6.46. The van der Waals surface area contributed by atoms with E-state index in [4.69, 9.17) is 4.28 Å². The van der Waals surface area contributed by atoms with E-state index in [2.05, 4.69) is 4.18 Å². The second kappa shape index (κ2) is 7.48. The van der Waals surface area contributed by atoms with Crippen LogP contribution in [0.4, 0.5) is 11.4 Å². The lowest BCUT2D eigenvalue weighted by molar-refractivity contribution is 0.336. The zero-order valence-corrected chi connectivity index (χ0v) is 14.7. The molecule has 126 valence electrons. The van der Waals surface area contributed by atoms with Gasteiger partial charge in [-0.1, -0.05) is 0 Å². The molecule has 1 aromatic rings. The summed E-state index contributed by atoms with van der Waals surface area (Å²) in [5, 5.41) is 1.09. The van der Waals surface area contributed by atoms with Gasteiger partial charge in [0, 0.05) is 20.4 Å². The zero-order valence-electron chi connectivity index (χ0n) is 12.2. The van der Waals surface area contributed by atoms with E-state index in [0.717, 1.165) is 15.4 Å². The fourth-order valence-electron chi connectivity index (χ4n) is 1.56. The summed E-state index contributed by atoms with van der Waals surface area (Å²) in [6.07, 6.45) is 1.30. The lowest BCUT2D eigenvalue weighted by Gasteiger charge is -2.21. The van der Waals surface area contributed by atoms with Gasteiger partial charge in [0.2, 0.25) is 0 Å². The summed E-state index contributed by atoms with van der Waals surface area (Å²) in [5.74, 6) is 0. The van der Waals surface area contributed by atoms with Crippen LogP contribution in [-0.4, -0.2) is 48.8 Å². The van der Waals surface area contributed by atoms with Crippen LogP contribution in [0.1, 0.15) is 0 Å². The van der Waals surface area contributed by atoms with Crippen molar-refractivity contribution in [2.45, 2.75) is 4.90 Å². The van der Waals surface area contributed by atoms with E-state index in [0.29, 0.717) is 0 Å². The molecule has 0 spiro atoms. The van der Waals surface area contributed by atoms with Gasteiger partial charge in [-0.05, 0) is 18.2 Å². The van der Waals surface area contributed by atoms with Gasteiger partial charge in [-0.3, -0.25) is 13.0 Å². The molecule has 0 saturated carbocycles. The van der Waals surface area contributed by atoms with E-state index in [1.807, 2.05) is 0 Å². The topological polar surface area (TPSA) is 113 Å². The summed E-state index contributed by atoms with van der Waals surface area (Å²) in [5.41, 5.74) is 0.195. The Labute approximate surface area is 134 Å². The van der Waals surface area contributed by atoms with Crippen molar-refractivity contribution >= 4 is 43.8 Å². The van der Waals surface area contributed by atoms with Crippen LogP contribution >= 0.6 is 0 Å². The number of rotatable bonds is 7. The van der Waals surface area contributed by atoms with Crippen LogP contribution in [0, 0.1) is 0 Å². The molecule has 12 heteroatoms. The van der Waals surface area contributed by atoms with Gasteiger partial charge in [-0.25, -0.2) is 13.5 Å². The third-order valence-electron chi connectivity index (χ3n) is 2.51. The van der Waals surface area contributed by atoms with E-state index >= 15 is 0 Å². The predicted octanol–water partition coefficient (Wildman–Crippen LogP) is 0.256. The van der Waals surface area contributed by atoms with Crippen LogP contribution in [0.3, 0.4) is 0 Å². The fourth-order valence-corrected chi connectivity index (χ4v) is 3.30. The molecule has 1 aromatic carbocycles. The number of hydroxylamine groups is 1. The molecule has 0 radical (unpaired) electrons. The molecule has 0 bridgehead atoms. The van der Waals surface area contributed by atoms with Crippen molar-refractivity contribution in [3.63, 3.8) is 0 Å². The highest BCUT2D eigenvalue weighted by Crippen LogP contribution is 2.30. The number of hydrogen-bond acceptors (Lipinski definition) is 7. The fraction of sp³-hybridized carbons (Fsp3) is 0.400. The van der Waals surface area contributed by atoms with Gasteiger partial charge in [-0.15, -0.1) is 0 Å². The number of benzene rings is 1. The quantitative estimate of drug-likeness (QED) is 0.535. The maximum atomic E-state index is 11.6. The number of nitrogens with zero attached hydrogens (tertiary/aromatic N) is 2. The largest absolute Gasteiger partial charge is 0.296 e. The summed E-state index contributed by atoms with van der Waals surface area (Å²) >= 11 is -3.54. The second-order valence-electron chi connectivity index (χ2n) is 3.98. The van der Waals surface area contributed by atoms with E-state index < -0.39 is 37.4 Å². The van der Waals surface area contributed by atoms with Gasteiger partial charge in [0.05, 0.1) is 18.5 Å². The van der Waals surface area contributed by atoms with Crippen LogP contribution in [0.15, 0.2) is 23.1 Å². The molecular formula is C10H16N2O7S3. The van der Waals surface area contributed by atoms with Crippen molar-refractivity contribution in [2.75, 3.05) is 36.8 Å². The molecule has 22 heavy (non-hydrogen) atoms. The normalized spacial score (nSPS) is 14.4. The van der Waals surface area contributed by atoms with Crippen LogP contribution < -0.4 is 9.37 Å². The van der Waals surface area contributed by atoms with Crippen LogP contribution in [-0.2, 0) is 40.9 Å². The lowest BCUT2D eigenvalue weighted by atomic mass is 10.3. The predicted molar refractivity (Wildman–Crippen MR) is 83.4 cm³/mol. The first-order chi connectivity index (χ1) is 10.1. The van der Waals surface area contributed by atoms with Crippen molar-refractivity contribution < 1.29 is 29.9 Å². The first-order valence-corrected chi connectivity index (χ1v) is 9.60. The van der Waals surface area contributed by atoms with E-state index in [1.54, 1.807) is 0 Å². The Bertz CT molecular complexity index is 692. The van der Waals surface area contributed by atoms with Crippen molar-refractivity contribution in [1.29, 1.82) is 0 Å². The SMILES string of the molecule is COS(=O)N(C)c1ccc(N(C)OS(C)=O)cc1S(=O)(=O)O. The van der Waals surface area contributed by atoms with Gasteiger partial charge in [0.1, 0.15) is 4.90 Å². The van der Waals surface area contributed by atoms with Crippen molar-refractivity contribution in [2.24, 2.45) is 0 Å². The Balaban J connectivity index is 3.38. The highest BCUT2D eigenvalue weighted by atomic mass is 32.2. The molecule has 0 fully saturated rings. The van der Waals surface area contributed by atoms with Crippen LogP contribution in [0.5, 0.6) is 0 Å². The van der Waals surface area contributed by atoms with Gasteiger partial charge in [0.15, 0.2) is 11.1 Å². The Morgan fingerprint density at radius 3 is 2.27 bits per heavy atom. The van der Waals surface area contributed by atoms with Gasteiger partial charge in [-0.2, -0.15) is 12.7 Å². The highest BCUT2D eigenvalue weighted by molar-refractivity contribution is 7.86. The summed E-state index contributed by atoms with van der Waals surface area (Å²) < 4.78 is 65.6. The minimum absolute atomic E-state index is 0.0301. The van der Waals surface area contributed by atoms with E-state index in [9.17, 15) is 21.4 Å². The third-order valence-corrected chi connectivity index (χ3v) is 4.75. The lowest BCUT2D eigenvalue weighted by Crippen LogP contribution is -2.24. The van der Waals surface area contributed by atoms with Gasteiger partial charge in [0.25, 0.3) is 21.4 Å². The number of hydrogen-bond donors (Lipinski definition) is 1. The molecule has 0 amide bonds. The Morgan fingerprint density at radius 2 is 1.82 bits per heavy atom. The first-order valence-electron chi connectivity index (χ1n) is 5.65. The summed E-state index contributed by atoms with van der Waals surface area (Å²) in [4.78, 5) is -0.491. The molecule has 1 N–H and O–H groups in total. The first kappa shape index (κ1) is 19.0. The van der Waals surface area contributed by atoms with Crippen molar-refractivity contribution in [1.82, 2.24) is 0 Å². The van der Waals surface area contributed by atoms with Gasteiger partial charge >= 0.3 is 0 Å². The van der Waals surface area contributed by atoms with Crippen molar-refractivity contribution in [3.05, 3.63) is 18.2 Å². The van der Waals surface area contributed by atoms with E-state index in [-0.39, 0.29) is 11.4 Å². The van der Waals surface area contributed by atoms with Crippen molar-refractivity contribution in [3.8, 4) is 0 Å². The Hall–Kier alpha value is -1.05. The second-order valence-corrected chi connectivity index (χ2v) is 7.64. The van der Waals surface area contributed by atoms with Crippen LogP contribution in [0.2, 0.25) is 0 Å². The summed E-state index contributed by atoms with van der Waals surface area (Å²) in [6, 6.07) is 3.86. The molecule has 0 aliphatic rings. The summed E-state index contributed by atoms with van der Waals surface area (Å²) in [7, 11) is -0.652. The molecule has 0 saturated heterocycles. The van der Waals surface area contributed by atoms with Crippen LogP contribution in [0.25, 0.3) is 0 Å². The average Bonchev–Trinajstić information content (AvgIpc) is 2.43. The molecule has 0 aliphatic heterocycles. The molecule has 2 unspecified atom stereocenters. The Morgan fingerprint density at radius 1 is 1.23 bits per heavy atom. The third kappa shape index (κ3) is 4.72. The maximum Gasteiger partial charge on any atom is 0.296 e. The molecule has 0 aromatic heterocycles. The zero-order chi connectivity index (χ0) is 17.1. The highest BCUT2D eigenvalue weighted by Gasteiger charge is 2.23. The average molecular weight is 372 g/mol. The molecule has 1 rings (SSSR count). The molecular weight excluding hydrogens is 356 g/mol. The monoisotopic (exact) mass is 372 g/mol. The standard InChI is InChI=1S/C10H16N2O7S3/c1-11(19-20(4)13)8-5-6-9(12(2)21(14)18-3)10(7-8)22(15,16)17/h5-7H,1-4H3,(H,15,16,17). The molecule has 9 nitrogen and oxygen atoms in total. The smallest absolute Gasteiger partial charge is 0.282 e. The minimum atomic E-state index is -4.59. The van der Waals surface area contributed by atoms with Gasteiger partial charge < -0.3 is 0 Å². The molecule has 2 atom stereocenters. The minimum Gasteiger partial charge on any atom is -0.282 e. The van der Waals surface area contributed by atoms with E-state index in [1.165, 1.54) is 39.6 Å².